The lowest BCUT2D eigenvalue weighted by Crippen LogP contribution is -2.27. The fourth-order valence-corrected chi connectivity index (χ4v) is 1.96. The van der Waals surface area contributed by atoms with E-state index in [1.165, 1.54) is 12.1 Å². The molecule has 1 aromatic rings. The monoisotopic (exact) mass is 243 g/mol. The lowest BCUT2D eigenvalue weighted by molar-refractivity contribution is -0.118. The molecule has 86 valence electrons. The highest BCUT2D eigenvalue weighted by Gasteiger charge is 2.23. The molecule has 1 saturated carbocycles. The second kappa shape index (κ2) is 4.82. The van der Waals surface area contributed by atoms with Crippen LogP contribution in [0.3, 0.4) is 0 Å². The Labute approximate surface area is 96.4 Å². The van der Waals surface area contributed by atoms with Crippen molar-refractivity contribution < 1.29 is 13.6 Å². The number of halogens is 2. The molecule has 1 N–H and O–H groups in total. The summed E-state index contributed by atoms with van der Waals surface area (Å²) in [5, 5.41) is 2.80. The number of benzene rings is 1. The van der Waals surface area contributed by atoms with Crippen LogP contribution in [0.25, 0.3) is 0 Å². The molecule has 0 spiro atoms. The summed E-state index contributed by atoms with van der Waals surface area (Å²) < 4.78 is 25.8. The highest BCUT2D eigenvalue weighted by Crippen LogP contribution is 2.23. The van der Waals surface area contributed by atoms with Gasteiger partial charge >= 0.3 is 0 Å². The molecule has 0 aromatic heterocycles. The fraction of sp³-hybridized carbons (Fsp3) is 0.364. The van der Waals surface area contributed by atoms with Crippen LogP contribution < -0.4 is 5.32 Å². The molecular formula is C11H11F2NOS. The van der Waals surface area contributed by atoms with Crippen LogP contribution in [0.5, 0.6) is 0 Å². The third kappa shape index (κ3) is 3.20. The summed E-state index contributed by atoms with van der Waals surface area (Å²) in [4.78, 5) is 11.6. The normalized spacial score (nSPS) is 14.9. The van der Waals surface area contributed by atoms with Crippen molar-refractivity contribution in [1.29, 1.82) is 0 Å². The minimum atomic E-state index is -0.621. The Kier molecular flexibility index (Phi) is 3.43. The average Bonchev–Trinajstić information content (AvgIpc) is 3.00. The first-order chi connectivity index (χ1) is 7.65. The van der Waals surface area contributed by atoms with E-state index in [9.17, 15) is 13.6 Å². The SMILES string of the molecule is O=C(CSc1ccc(F)cc1F)NC1CC1. The summed E-state index contributed by atoms with van der Waals surface area (Å²) in [7, 11) is 0. The smallest absolute Gasteiger partial charge is 0.230 e. The lowest BCUT2D eigenvalue weighted by atomic mass is 10.3. The van der Waals surface area contributed by atoms with Crippen molar-refractivity contribution in [3.05, 3.63) is 29.8 Å². The molecule has 0 bridgehead atoms. The van der Waals surface area contributed by atoms with Gasteiger partial charge in [0, 0.05) is 17.0 Å². The molecule has 2 nitrogen and oxygen atoms in total. The van der Waals surface area contributed by atoms with Gasteiger partial charge in [0.2, 0.25) is 5.91 Å². The van der Waals surface area contributed by atoms with Gasteiger partial charge < -0.3 is 5.32 Å². The van der Waals surface area contributed by atoms with Crippen molar-refractivity contribution in [3.8, 4) is 0 Å². The van der Waals surface area contributed by atoms with Crippen LogP contribution in [0, 0.1) is 11.6 Å². The maximum absolute atomic E-state index is 13.2. The van der Waals surface area contributed by atoms with E-state index in [2.05, 4.69) is 5.32 Å². The van der Waals surface area contributed by atoms with Gasteiger partial charge in [0.15, 0.2) is 0 Å². The van der Waals surface area contributed by atoms with Crippen molar-refractivity contribution >= 4 is 17.7 Å². The fourth-order valence-electron chi connectivity index (χ4n) is 1.23. The third-order valence-corrected chi connectivity index (χ3v) is 3.24. The summed E-state index contributed by atoms with van der Waals surface area (Å²) in [6.07, 6.45) is 2.06. The number of hydrogen-bond acceptors (Lipinski definition) is 2. The highest BCUT2D eigenvalue weighted by molar-refractivity contribution is 8.00. The van der Waals surface area contributed by atoms with E-state index < -0.39 is 11.6 Å². The number of thioether (sulfide) groups is 1. The van der Waals surface area contributed by atoms with E-state index in [0.717, 1.165) is 30.7 Å². The lowest BCUT2D eigenvalue weighted by Gasteiger charge is -2.04. The van der Waals surface area contributed by atoms with E-state index in [4.69, 9.17) is 0 Å². The van der Waals surface area contributed by atoms with Gasteiger partial charge in [0.25, 0.3) is 0 Å². The second-order valence-electron chi connectivity index (χ2n) is 3.71. The van der Waals surface area contributed by atoms with E-state index in [1.54, 1.807) is 0 Å². The van der Waals surface area contributed by atoms with E-state index in [1.807, 2.05) is 0 Å². The maximum Gasteiger partial charge on any atom is 0.230 e. The van der Waals surface area contributed by atoms with Gasteiger partial charge in [-0.05, 0) is 25.0 Å². The molecule has 0 radical (unpaired) electrons. The van der Waals surface area contributed by atoms with Gasteiger partial charge in [-0.25, -0.2) is 8.78 Å². The van der Waals surface area contributed by atoms with Crippen molar-refractivity contribution in [2.75, 3.05) is 5.75 Å². The van der Waals surface area contributed by atoms with Gasteiger partial charge in [0.05, 0.1) is 5.75 Å². The van der Waals surface area contributed by atoms with Gasteiger partial charge in [0.1, 0.15) is 11.6 Å². The Morgan fingerprint density at radius 3 is 2.81 bits per heavy atom. The van der Waals surface area contributed by atoms with Crippen LogP contribution in [-0.4, -0.2) is 17.7 Å². The summed E-state index contributed by atoms with van der Waals surface area (Å²) in [5.41, 5.74) is 0. The summed E-state index contributed by atoms with van der Waals surface area (Å²) >= 11 is 1.08. The number of hydrogen-bond donors (Lipinski definition) is 1. The Bertz CT molecular complexity index is 407. The molecule has 0 atom stereocenters. The zero-order valence-corrected chi connectivity index (χ0v) is 9.32. The van der Waals surface area contributed by atoms with E-state index in [0.29, 0.717) is 10.9 Å². The Balaban J connectivity index is 1.85. The topological polar surface area (TPSA) is 29.1 Å². The number of amides is 1. The molecule has 2 rings (SSSR count). The molecule has 5 heteroatoms. The van der Waals surface area contributed by atoms with Crippen molar-refractivity contribution in [3.63, 3.8) is 0 Å². The second-order valence-corrected chi connectivity index (χ2v) is 4.72. The predicted octanol–water partition coefficient (Wildman–Crippen LogP) is 2.34. The Morgan fingerprint density at radius 2 is 2.19 bits per heavy atom. The molecule has 0 aliphatic heterocycles. The molecule has 0 saturated heterocycles. The molecule has 0 heterocycles. The molecule has 0 unspecified atom stereocenters. The molecule has 1 aliphatic rings. The maximum atomic E-state index is 13.2. The summed E-state index contributed by atoms with van der Waals surface area (Å²) in [6, 6.07) is 3.66. The van der Waals surface area contributed by atoms with Gasteiger partial charge in [-0.1, -0.05) is 0 Å². The quantitative estimate of drug-likeness (QED) is 0.822. The number of nitrogens with one attached hydrogen (secondary N) is 1. The molecule has 1 aromatic carbocycles. The summed E-state index contributed by atoms with van der Waals surface area (Å²) in [6.45, 7) is 0. The van der Waals surface area contributed by atoms with Crippen LogP contribution in [0.2, 0.25) is 0 Å². The van der Waals surface area contributed by atoms with Crippen LogP contribution in [0.1, 0.15) is 12.8 Å². The molecule has 16 heavy (non-hydrogen) atoms. The van der Waals surface area contributed by atoms with Crippen LogP contribution in [0.4, 0.5) is 8.78 Å². The minimum absolute atomic E-state index is 0.101. The minimum Gasteiger partial charge on any atom is -0.353 e. The molecule has 1 amide bonds. The average molecular weight is 243 g/mol. The van der Waals surface area contributed by atoms with Gasteiger partial charge in [-0.3, -0.25) is 4.79 Å². The predicted molar refractivity (Wildman–Crippen MR) is 58.2 cm³/mol. The first-order valence-electron chi connectivity index (χ1n) is 5.02. The molecule has 1 aliphatic carbocycles. The first-order valence-corrected chi connectivity index (χ1v) is 6.01. The van der Waals surface area contributed by atoms with Gasteiger partial charge in [-0.2, -0.15) is 0 Å². The zero-order chi connectivity index (χ0) is 11.5. The van der Waals surface area contributed by atoms with Crippen molar-refractivity contribution in [1.82, 2.24) is 5.32 Å². The molecular weight excluding hydrogens is 232 g/mol. The van der Waals surface area contributed by atoms with Crippen molar-refractivity contribution in [2.24, 2.45) is 0 Å². The Morgan fingerprint density at radius 1 is 1.44 bits per heavy atom. The number of carbonyl (C=O) groups is 1. The first kappa shape index (κ1) is 11.4. The highest BCUT2D eigenvalue weighted by atomic mass is 32.2. The number of rotatable bonds is 4. The van der Waals surface area contributed by atoms with Crippen LogP contribution >= 0.6 is 11.8 Å². The molecule has 1 fully saturated rings. The summed E-state index contributed by atoms with van der Waals surface area (Å²) in [5.74, 6) is -1.16. The van der Waals surface area contributed by atoms with E-state index >= 15 is 0 Å². The van der Waals surface area contributed by atoms with E-state index in [-0.39, 0.29) is 11.7 Å². The largest absolute Gasteiger partial charge is 0.353 e. The van der Waals surface area contributed by atoms with Crippen LogP contribution in [0.15, 0.2) is 23.1 Å². The van der Waals surface area contributed by atoms with Crippen molar-refractivity contribution in [2.45, 2.75) is 23.8 Å². The van der Waals surface area contributed by atoms with Crippen LogP contribution in [-0.2, 0) is 4.79 Å². The third-order valence-electron chi connectivity index (χ3n) is 2.20. The standard InChI is InChI=1S/C11H11F2NOS/c12-7-1-4-10(9(13)5-7)16-6-11(15)14-8-2-3-8/h1,4-5,8H,2-3,6H2,(H,14,15). The zero-order valence-electron chi connectivity index (χ0n) is 8.50. The Hall–Kier alpha value is -1.10. The van der Waals surface area contributed by atoms with Gasteiger partial charge in [-0.15, -0.1) is 11.8 Å². The number of carbonyl (C=O) groups excluding carboxylic acids is 1.